The van der Waals surface area contributed by atoms with Crippen LogP contribution in [0.1, 0.15) is 17.7 Å². The van der Waals surface area contributed by atoms with Crippen LogP contribution in [0.2, 0.25) is 0 Å². The van der Waals surface area contributed by atoms with E-state index in [2.05, 4.69) is 33.1 Å². The van der Waals surface area contributed by atoms with Crippen molar-refractivity contribution in [2.24, 2.45) is 0 Å². The van der Waals surface area contributed by atoms with Gasteiger partial charge in [0.2, 0.25) is 0 Å². The van der Waals surface area contributed by atoms with Crippen molar-refractivity contribution in [2.45, 2.75) is 25.9 Å². The maximum Gasteiger partial charge on any atom is 0.0417 e. The number of rotatable bonds is 3. The molecule has 0 amide bonds. The number of aromatic nitrogens is 1. The van der Waals surface area contributed by atoms with Crippen molar-refractivity contribution >= 4 is 0 Å². The molecule has 4 heteroatoms. The van der Waals surface area contributed by atoms with Crippen LogP contribution in [0.25, 0.3) is 0 Å². The van der Waals surface area contributed by atoms with Gasteiger partial charge in [-0.1, -0.05) is 6.07 Å². The van der Waals surface area contributed by atoms with Gasteiger partial charge in [0.1, 0.15) is 0 Å². The number of nitrogens with zero attached hydrogens (tertiary/aromatic N) is 3. The Morgan fingerprint density at radius 1 is 1.32 bits per heavy atom. The SMILES string of the molecule is Cc1ncccc1CN1CCC(N2CCNCC2)C1. The molecular weight excluding hydrogens is 236 g/mol. The molecule has 0 bridgehead atoms. The molecule has 4 nitrogen and oxygen atoms in total. The minimum atomic E-state index is 0.763. The lowest BCUT2D eigenvalue weighted by molar-refractivity contribution is 0.170. The van der Waals surface area contributed by atoms with Gasteiger partial charge < -0.3 is 5.32 Å². The number of hydrogen-bond donors (Lipinski definition) is 1. The Kier molecular flexibility index (Phi) is 4.11. The molecule has 104 valence electrons. The molecule has 0 spiro atoms. The molecule has 2 saturated heterocycles. The second-order valence-electron chi connectivity index (χ2n) is 5.71. The summed E-state index contributed by atoms with van der Waals surface area (Å²) in [4.78, 5) is 9.62. The third kappa shape index (κ3) is 3.14. The van der Waals surface area contributed by atoms with E-state index in [-0.39, 0.29) is 0 Å². The van der Waals surface area contributed by atoms with Crippen molar-refractivity contribution in [3.05, 3.63) is 29.6 Å². The summed E-state index contributed by atoms with van der Waals surface area (Å²) in [6.07, 6.45) is 3.20. The number of aryl methyl sites for hydroxylation is 1. The molecule has 1 N–H and O–H groups in total. The topological polar surface area (TPSA) is 31.4 Å². The van der Waals surface area contributed by atoms with Crippen LogP contribution >= 0.6 is 0 Å². The maximum absolute atomic E-state index is 4.38. The lowest BCUT2D eigenvalue weighted by atomic mass is 10.2. The number of piperazine rings is 1. The van der Waals surface area contributed by atoms with E-state index in [0.29, 0.717) is 0 Å². The molecule has 0 radical (unpaired) electrons. The third-order valence-corrected chi connectivity index (χ3v) is 4.43. The molecule has 1 atom stereocenters. The summed E-state index contributed by atoms with van der Waals surface area (Å²) < 4.78 is 0. The molecule has 0 saturated carbocycles. The summed E-state index contributed by atoms with van der Waals surface area (Å²) in [7, 11) is 0. The van der Waals surface area contributed by atoms with Crippen molar-refractivity contribution in [3.63, 3.8) is 0 Å². The van der Waals surface area contributed by atoms with Crippen LogP contribution in [-0.2, 0) is 6.54 Å². The van der Waals surface area contributed by atoms with E-state index in [0.717, 1.165) is 25.7 Å². The standard InChI is InChI=1S/C15H24N4/c1-13-14(3-2-5-17-13)11-18-8-4-15(12-18)19-9-6-16-7-10-19/h2-3,5,15-16H,4,6-12H2,1H3. The highest BCUT2D eigenvalue weighted by atomic mass is 15.3. The summed E-state index contributed by atoms with van der Waals surface area (Å²) in [5.74, 6) is 0. The van der Waals surface area contributed by atoms with Gasteiger partial charge in [0.15, 0.2) is 0 Å². The number of hydrogen-bond acceptors (Lipinski definition) is 4. The largest absolute Gasteiger partial charge is 0.314 e. The van der Waals surface area contributed by atoms with Crippen LogP contribution < -0.4 is 5.32 Å². The van der Waals surface area contributed by atoms with Crippen molar-refractivity contribution in [3.8, 4) is 0 Å². The molecule has 0 aromatic carbocycles. The van der Waals surface area contributed by atoms with E-state index in [1.807, 2.05) is 12.3 Å². The van der Waals surface area contributed by atoms with E-state index in [9.17, 15) is 0 Å². The zero-order valence-corrected chi connectivity index (χ0v) is 11.8. The van der Waals surface area contributed by atoms with Crippen molar-refractivity contribution in [2.75, 3.05) is 39.3 Å². The average molecular weight is 260 g/mol. The first-order valence-electron chi connectivity index (χ1n) is 7.40. The van der Waals surface area contributed by atoms with Gasteiger partial charge in [-0.15, -0.1) is 0 Å². The van der Waals surface area contributed by atoms with Gasteiger partial charge in [-0.25, -0.2) is 0 Å². The van der Waals surface area contributed by atoms with Crippen LogP contribution in [-0.4, -0.2) is 60.1 Å². The Labute approximate surface area is 115 Å². The zero-order chi connectivity index (χ0) is 13.1. The first-order valence-corrected chi connectivity index (χ1v) is 7.40. The van der Waals surface area contributed by atoms with Gasteiger partial charge in [0.05, 0.1) is 0 Å². The van der Waals surface area contributed by atoms with E-state index < -0.39 is 0 Å². The predicted molar refractivity (Wildman–Crippen MR) is 77.1 cm³/mol. The third-order valence-electron chi connectivity index (χ3n) is 4.43. The average Bonchev–Trinajstić information content (AvgIpc) is 2.91. The fourth-order valence-electron chi connectivity index (χ4n) is 3.23. The van der Waals surface area contributed by atoms with Crippen LogP contribution in [0.3, 0.4) is 0 Å². The lowest BCUT2D eigenvalue weighted by Gasteiger charge is -2.32. The Balaban J connectivity index is 1.55. The maximum atomic E-state index is 4.38. The van der Waals surface area contributed by atoms with Gasteiger partial charge in [0, 0.05) is 63.7 Å². The molecule has 2 aliphatic rings. The number of nitrogens with one attached hydrogen (secondary N) is 1. The molecule has 1 unspecified atom stereocenters. The van der Waals surface area contributed by atoms with Crippen molar-refractivity contribution in [1.29, 1.82) is 0 Å². The van der Waals surface area contributed by atoms with Gasteiger partial charge in [-0.3, -0.25) is 14.8 Å². The molecular formula is C15H24N4. The molecule has 19 heavy (non-hydrogen) atoms. The van der Waals surface area contributed by atoms with Crippen LogP contribution in [0.15, 0.2) is 18.3 Å². The predicted octanol–water partition coefficient (Wildman–Crippen LogP) is 0.870. The Morgan fingerprint density at radius 2 is 2.16 bits per heavy atom. The number of likely N-dealkylation sites (tertiary alicyclic amines) is 1. The molecule has 3 heterocycles. The fraction of sp³-hybridized carbons (Fsp3) is 0.667. The molecule has 2 aliphatic heterocycles. The summed E-state index contributed by atoms with van der Waals surface area (Å²) in [5, 5.41) is 3.43. The summed E-state index contributed by atoms with van der Waals surface area (Å²) in [6, 6.07) is 5.02. The Morgan fingerprint density at radius 3 is 2.95 bits per heavy atom. The first-order chi connectivity index (χ1) is 9.33. The number of pyridine rings is 1. The molecule has 2 fully saturated rings. The second kappa shape index (κ2) is 5.99. The van der Waals surface area contributed by atoms with Gasteiger partial charge in [0.25, 0.3) is 0 Å². The van der Waals surface area contributed by atoms with E-state index in [1.54, 1.807) is 0 Å². The van der Waals surface area contributed by atoms with Gasteiger partial charge >= 0.3 is 0 Å². The molecule has 0 aliphatic carbocycles. The van der Waals surface area contributed by atoms with Gasteiger partial charge in [-0.2, -0.15) is 0 Å². The quantitative estimate of drug-likeness (QED) is 0.874. The second-order valence-corrected chi connectivity index (χ2v) is 5.71. The fourth-order valence-corrected chi connectivity index (χ4v) is 3.23. The van der Waals surface area contributed by atoms with E-state index in [1.165, 1.54) is 43.9 Å². The smallest absolute Gasteiger partial charge is 0.0417 e. The highest BCUT2D eigenvalue weighted by Gasteiger charge is 2.28. The minimum absolute atomic E-state index is 0.763. The normalized spacial score (nSPS) is 25.8. The Hall–Kier alpha value is -0.970. The Bertz CT molecular complexity index is 414. The van der Waals surface area contributed by atoms with Crippen molar-refractivity contribution < 1.29 is 0 Å². The van der Waals surface area contributed by atoms with E-state index >= 15 is 0 Å². The molecule has 1 aromatic rings. The van der Waals surface area contributed by atoms with Crippen LogP contribution in [0.5, 0.6) is 0 Å². The lowest BCUT2D eigenvalue weighted by Crippen LogP contribution is -2.49. The highest BCUT2D eigenvalue weighted by Crippen LogP contribution is 2.19. The monoisotopic (exact) mass is 260 g/mol. The zero-order valence-electron chi connectivity index (χ0n) is 11.8. The summed E-state index contributed by atoms with van der Waals surface area (Å²) >= 11 is 0. The van der Waals surface area contributed by atoms with Crippen molar-refractivity contribution in [1.82, 2.24) is 20.1 Å². The first kappa shape index (κ1) is 13.0. The summed E-state index contributed by atoms with van der Waals surface area (Å²) in [6.45, 7) is 10.3. The molecule has 3 rings (SSSR count). The minimum Gasteiger partial charge on any atom is -0.314 e. The van der Waals surface area contributed by atoms with Crippen LogP contribution in [0.4, 0.5) is 0 Å². The van der Waals surface area contributed by atoms with E-state index in [4.69, 9.17) is 0 Å². The van der Waals surface area contributed by atoms with Gasteiger partial charge in [-0.05, 0) is 25.0 Å². The molecule has 1 aromatic heterocycles. The van der Waals surface area contributed by atoms with Crippen LogP contribution in [0, 0.1) is 6.92 Å². The highest BCUT2D eigenvalue weighted by molar-refractivity contribution is 5.18. The summed E-state index contributed by atoms with van der Waals surface area (Å²) in [5.41, 5.74) is 2.55.